The van der Waals surface area contributed by atoms with Gasteiger partial charge >= 0.3 is 6.18 Å². The number of nitrogens with one attached hydrogen (secondary N) is 3. The van der Waals surface area contributed by atoms with E-state index in [-0.39, 0.29) is 11.4 Å². The van der Waals surface area contributed by atoms with E-state index in [1.165, 1.54) is 23.9 Å². The van der Waals surface area contributed by atoms with Gasteiger partial charge in [0.25, 0.3) is 11.8 Å². The largest absolute Gasteiger partial charge is 0.416 e. The summed E-state index contributed by atoms with van der Waals surface area (Å²) in [4.78, 5) is 40.3. The first-order valence-corrected chi connectivity index (χ1v) is 15.3. The first kappa shape index (κ1) is 32.8. The molecule has 0 saturated carbocycles. The fourth-order valence-electron chi connectivity index (χ4n) is 4.49. The van der Waals surface area contributed by atoms with E-state index >= 15 is 0 Å². The zero-order chi connectivity index (χ0) is 33.2. The van der Waals surface area contributed by atoms with E-state index in [4.69, 9.17) is 0 Å². The third kappa shape index (κ3) is 9.21. The van der Waals surface area contributed by atoms with Crippen molar-refractivity contribution in [1.82, 2.24) is 5.32 Å². The normalized spacial score (nSPS) is 12.1. The number of thioether (sulfide) groups is 1. The highest BCUT2D eigenvalue weighted by molar-refractivity contribution is 8.00. The molecule has 0 bridgehead atoms. The fraction of sp³-hybridized carbons (Fsp3) is 0.0541. The molecule has 3 amide bonds. The van der Waals surface area contributed by atoms with Gasteiger partial charge in [-0.2, -0.15) is 13.2 Å². The van der Waals surface area contributed by atoms with Gasteiger partial charge in [0.2, 0.25) is 5.91 Å². The number of alkyl halides is 3. The quantitative estimate of drug-likeness (QED) is 0.104. The second kappa shape index (κ2) is 15.1. The molecule has 236 valence electrons. The van der Waals surface area contributed by atoms with Gasteiger partial charge < -0.3 is 16.0 Å². The number of anilines is 2. The van der Waals surface area contributed by atoms with Gasteiger partial charge in [-0.05, 0) is 71.8 Å². The molecule has 1 unspecified atom stereocenters. The molecule has 5 aromatic carbocycles. The summed E-state index contributed by atoms with van der Waals surface area (Å²) in [6, 6.07) is 37.7. The Labute approximate surface area is 273 Å². The Morgan fingerprint density at radius 1 is 0.660 bits per heavy atom. The van der Waals surface area contributed by atoms with E-state index in [1.54, 1.807) is 103 Å². The van der Waals surface area contributed by atoms with Crippen LogP contribution in [-0.2, 0) is 15.8 Å². The van der Waals surface area contributed by atoms with Crippen LogP contribution in [0.15, 0.2) is 150 Å². The average Bonchev–Trinajstić information content (AvgIpc) is 3.08. The van der Waals surface area contributed by atoms with Gasteiger partial charge in [0.1, 0.15) is 10.9 Å². The van der Waals surface area contributed by atoms with Gasteiger partial charge in [-0.25, -0.2) is 0 Å². The van der Waals surface area contributed by atoms with Crippen molar-refractivity contribution in [3.05, 3.63) is 167 Å². The molecule has 0 radical (unpaired) electrons. The van der Waals surface area contributed by atoms with E-state index in [1.807, 2.05) is 18.2 Å². The Hall–Kier alpha value is -5.61. The Bertz CT molecular complexity index is 1870. The van der Waals surface area contributed by atoms with Crippen LogP contribution in [-0.4, -0.2) is 17.7 Å². The molecule has 0 fully saturated rings. The van der Waals surface area contributed by atoms with Crippen LogP contribution in [0, 0.1) is 0 Å². The van der Waals surface area contributed by atoms with Crippen LogP contribution in [0.2, 0.25) is 0 Å². The maximum Gasteiger partial charge on any atom is 0.416 e. The molecular formula is C37H28F3N3O3S. The van der Waals surface area contributed by atoms with Crippen LogP contribution in [0.4, 0.5) is 24.5 Å². The number of carbonyl (C=O) groups is 3. The van der Waals surface area contributed by atoms with Crippen molar-refractivity contribution in [2.75, 3.05) is 10.6 Å². The van der Waals surface area contributed by atoms with Crippen molar-refractivity contribution in [2.24, 2.45) is 0 Å². The van der Waals surface area contributed by atoms with Gasteiger partial charge in [0, 0.05) is 21.8 Å². The van der Waals surface area contributed by atoms with Crippen LogP contribution in [0.1, 0.15) is 32.3 Å². The smallest absolute Gasteiger partial charge is 0.325 e. The number of benzene rings is 5. The Balaban J connectivity index is 1.32. The van der Waals surface area contributed by atoms with E-state index < -0.39 is 34.7 Å². The minimum Gasteiger partial charge on any atom is -0.325 e. The zero-order valence-electron chi connectivity index (χ0n) is 24.7. The van der Waals surface area contributed by atoms with Crippen molar-refractivity contribution >= 4 is 46.9 Å². The lowest BCUT2D eigenvalue weighted by Gasteiger charge is -2.18. The highest BCUT2D eigenvalue weighted by atomic mass is 32.2. The zero-order valence-corrected chi connectivity index (χ0v) is 25.5. The lowest BCUT2D eigenvalue weighted by molar-refractivity contribution is -0.137. The number of amides is 3. The summed E-state index contributed by atoms with van der Waals surface area (Å²) in [7, 11) is 0. The van der Waals surface area contributed by atoms with Crippen LogP contribution in [0.5, 0.6) is 0 Å². The second-order valence-electron chi connectivity index (χ2n) is 10.2. The third-order valence-electron chi connectivity index (χ3n) is 6.80. The van der Waals surface area contributed by atoms with Gasteiger partial charge in [0.15, 0.2) is 0 Å². The molecule has 6 nitrogen and oxygen atoms in total. The predicted molar refractivity (Wildman–Crippen MR) is 179 cm³/mol. The number of hydrogen-bond acceptors (Lipinski definition) is 4. The van der Waals surface area contributed by atoms with Crippen molar-refractivity contribution in [2.45, 2.75) is 16.3 Å². The number of carbonyl (C=O) groups excluding carboxylic acids is 3. The molecule has 0 aromatic heterocycles. The summed E-state index contributed by atoms with van der Waals surface area (Å²) in [6.07, 6.45) is -2.97. The van der Waals surface area contributed by atoms with Gasteiger partial charge in [-0.15, -0.1) is 11.8 Å². The fourth-order valence-corrected chi connectivity index (χ4v) is 5.52. The minimum absolute atomic E-state index is 0.0307. The van der Waals surface area contributed by atoms with Crippen molar-refractivity contribution in [3.8, 4) is 0 Å². The summed E-state index contributed by atoms with van der Waals surface area (Å²) in [5.41, 5.74) is 1.42. The van der Waals surface area contributed by atoms with Crippen molar-refractivity contribution < 1.29 is 27.6 Å². The first-order chi connectivity index (χ1) is 22.7. The highest BCUT2D eigenvalue weighted by Crippen LogP contribution is 2.37. The molecule has 1 atom stereocenters. The van der Waals surface area contributed by atoms with Crippen LogP contribution in [0.3, 0.4) is 0 Å². The number of rotatable bonds is 10. The van der Waals surface area contributed by atoms with Gasteiger partial charge in [0.05, 0.1) is 5.56 Å². The Morgan fingerprint density at radius 3 is 1.91 bits per heavy atom. The van der Waals surface area contributed by atoms with E-state index in [2.05, 4.69) is 16.0 Å². The van der Waals surface area contributed by atoms with Crippen LogP contribution >= 0.6 is 11.8 Å². The van der Waals surface area contributed by atoms with E-state index in [0.29, 0.717) is 27.3 Å². The monoisotopic (exact) mass is 651 g/mol. The Kier molecular flexibility index (Phi) is 10.5. The molecule has 5 rings (SSSR count). The molecule has 0 aliphatic carbocycles. The molecule has 3 N–H and O–H groups in total. The summed E-state index contributed by atoms with van der Waals surface area (Å²) in [5.74, 6) is -1.48. The molecule has 0 aliphatic heterocycles. The summed E-state index contributed by atoms with van der Waals surface area (Å²) in [5, 5.41) is 7.32. The summed E-state index contributed by atoms with van der Waals surface area (Å²) >= 11 is 1.21. The van der Waals surface area contributed by atoms with Crippen LogP contribution in [0.25, 0.3) is 6.08 Å². The minimum atomic E-state index is -4.54. The number of halogens is 3. The van der Waals surface area contributed by atoms with E-state index in [0.717, 1.165) is 12.1 Å². The standard InChI is InChI=1S/C37H28F3N3O3S/c38-37(39,40)28-17-10-18-30(24-28)42-36(46)33(26-13-6-2-7-14-26)47-31-21-19-29(20-22-31)41-35(45)32(23-25-11-4-1-5-12-25)43-34(44)27-15-8-3-9-16-27/h1-24,33H,(H,41,45)(H,42,46)(H,43,44)/b32-23-. The molecule has 0 spiro atoms. The topological polar surface area (TPSA) is 87.3 Å². The summed E-state index contributed by atoms with van der Waals surface area (Å²) < 4.78 is 39.7. The molecule has 5 aromatic rings. The van der Waals surface area contributed by atoms with E-state index in [9.17, 15) is 27.6 Å². The SMILES string of the molecule is O=C(Nc1ccc(SC(C(=O)Nc2cccc(C(F)(F)F)c2)c2ccccc2)cc1)/C(=C/c1ccccc1)NC(=O)c1ccccc1. The van der Waals surface area contributed by atoms with Crippen LogP contribution < -0.4 is 16.0 Å². The molecule has 0 aliphatic rings. The molecule has 0 saturated heterocycles. The highest BCUT2D eigenvalue weighted by Gasteiger charge is 2.31. The average molecular weight is 652 g/mol. The maximum absolute atomic E-state index is 13.4. The predicted octanol–water partition coefficient (Wildman–Crippen LogP) is 8.59. The van der Waals surface area contributed by atoms with Crippen molar-refractivity contribution in [3.63, 3.8) is 0 Å². The maximum atomic E-state index is 13.4. The first-order valence-electron chi connectivity index (χ1n) is 14.4. The lowest BCUT2D eigenvalue weighted by Crippen LogP contribution is -2.30. The second-order valence-corrected chi connectivity index (χ2v) is 11.4. The van der Waals surface area contributed by atoms with Crippen molar-refractivity contribution in [1.29, 1.82) is 0 Å². The summed E-state index contributed by atoms with van der Waals surface area (Å²) in [6.45, 7) is 0. The molecule has 47 heavy (non-hydrogen) atoms. The lowest BCUT2D eigenvalue weighted by atomic mass is 10.1. The molecule has 10 heteroatoms. The Morgan fingerprint density at radius 2 is 1.28 bits per heavy atom. The number of hydrogen-bond donors (Lipinski definition) is 3. The molecular weight excluding hydrogens is 623 g/mol. The molecule has 0 heterocycles. The third-order valence-corrected chi connectivity index (χ3v) is 8.07. The van der Waals surface area contributed by atoms with Gasteiger partial charge in [-0.3, -0.25) is 14.4 Å². The van der Waals surface area contributed by atoms with Gasteiger partial charge in [-0.1, -0.05) is 84.9 Å².